The quantitative estimate of drug-likeness (QED) is 0.849. The van der Waals surface area contributed by atoms with Gasteiger partial charge in [-0.1, -0.05) is 6.07 Å². The fourth-order valence-corrected chi connectivity index (χ4v) is 1.69. The fraction of sp³-hybridized carbons (Fsp3) is 0.385. The maximum atomic E-state index is 11.5. The molecule has 0 heterocycles. The largest absolute Gasteiger partial charge is 0.504 e. The highest BCUT2D eigenvalue weighted by Gasteiger charge is 2.20. The van der Waals surface area contributed by atoms with E-state index in [1.807, 2.05) is 0 Å². The molecule has 0 amide bonds. The van der Waals surface area contributed by atoms with Gasteiger partial charge in [-0.15, -0.1) is 0 Å². The third-order valence-electron chi connectivity index (χ3n) is 2.59. The lowest BCUT2D eigenvalue weighted by atomic mass is 9.90. The van der Waals surface area contributed by atoms with E-state index >= 15 is 0 Å². The summed E-state index contributed by atoms with van der Waals surface area (Å²) in [6, 6.07) is 4.68. The van der Waals surface area contributed by atoms with E-state index in [-0.39, 0.29) is 23.7 Å². The van der Waals surface area contributed by atoms with Gasteiger partial charge in [-0.25, -0.2) is 0 Å². The molecule has 92 valence electrons. The summed E-state index contributed by atoms with van der Waals surface area (Å²) in [7, 11) is 1.44. The van der Waals surface area contributed by atoms with Crippen LogP contribution in [0.5, 0.6) is 11.5 Å². The molecular formula is C13H16O4. The Kier molecular flexibility index (Phi) is 4.26. The maximum Gasteiger partial charge on any atom is 0.160 e. The second-order valence-corrected chi connectivity index (χ2v) is 4.00. The Morgan fingerprint density at radius 3 is 2.47 bits per heavy atom. The van der Waals surface area contributed by atoms with Crippen molar-refractivity contribution < 1.29 is 19.4 Å². The summed E-state index contributed by atoms with van der Waals surface area (Å²) in [6.07, 6.45) is 0.170. The lowest BCUT2D eigenvalue weighted by Crippen LogP contribution is -2.12. The molecule has 1 unspecified atom stereocenters. The van der Waals surface area contributed by atoms with Gasteiger partial charge in [0.1, 0.15) is 11.6 Å². The van der Waals surface area contributed by atoms with Gasteiger partial charge in [-0.05, 0) is 31.5 Å². The number of phenolic OH excluding ortho intramolecular Hbond substituents is 1. The summed E-state index contributed by atoms with van der Waals surface area (Å²) >= 11 is 0. The van der Waals surface area contributed by atoms with Crippen LogP contribution in [-0.4, -0.2) is 23.8 Å². The minimum absolute atomic E-state index is 0.0152. The van der Waals surface area contributed by atoms with E-state index in [1.54, 1.807) is 12.1 Å². The van der Waals surface area contributed by atoms with Crippen LogP contribution in [0.4, 0.5) is 0 Å². The first-order valence-corrected chi connectivity index (χ1v) is 5.32. The predicted molar refractivity (Wildman–Crippen MR) is 63.4 cm³/mol. The zero-order valence-electron chi connectivity index (χ0n) is 10.2. The fourth-order valence-electron chi connectivity index (χ4n) is 1.69. The van der Waals surface area contributed by atoms with Crippen LogP contribution in [0.15, 0.2) is 18.2 Å². The number of benzene rings is 1. The number of ketones is 2. The van der Waals surface area contributed by atoms with Gasteiger partial charge in [0.05, 0.1) is 7.11 Å². The molecule has 0 fully saturated rings. The highest BCUT2D eigenvalue weighted by atomic mass is 16.5. The van der Waals surface area contributed by atoms with Crippen molar-refractivity contribution in [3.63, 3.8) is 0 Å². The Labute approximate surface area is 100 Å². The van der Waals surface area contributed by atoms with Gasteiger partial charge in [-0.3, -0.25) is 9.59 Å². The van der Waals surface area contributed by atoms with Gasteiger partial charge in [0, 0.05) is 12.3 Å². The number of carbonyl (C=O) groups excluding carboxylic acids is 2. The summed E-state index contributed by atoms with van der Waals surface area (Å²) in [5.41, 5.74) is 0.683. The molecule has 0 aromatic heterocycles. The average molecular weight is 236 g/mol. The molecule has 4 heteroatoms. The number of carbonyl (C=O) groups is 2. The average Bonchev–Trinajstić information content (AvgIpc) is 2.26. The number of phenols is 1. The minimum atomic E-state index is -0.470. The smallest absolute Gasteiger partial charge is 0.160 e. The molecule has 1 rings (SSSR count). The number of hydrogen-bond acceptors (Lipinski definition) is 4. The summed E-state index contributed by atoms with van der Waals surface area (Å²) in [4.78, 5) is 22.6. The Bertz CT molecular complexity index is 437. The first-order chi connectivity index (χ1) is 7.95. The number of Topliss-reactive ketones (excluding diaryl/α,β-unsaturated/α-hetero) is 2. The van der Waals surface area contributed by atoms with Crippen molar-refractivity contribution in [1.29, 1.82) is 0 Å². The normalized spacial score (nSPS) is 11.9. The molecule has 0 bridgehead atoms. The van der Waals surface area contributed by atoms with Crippen LogP contribution < -0.4 is 4.74 Å². The van der Waals surface area contributed by atoms with Gasteiger partial charge < -0.3 is 9.84 Å². The van der Waals surface area contributed by atoms with E-state index in [0.717, 1.165) is 0 Å². The van der Waals surface area contributed by atoms with Crippen molar-refractivity contribution in [2.75, 3.05) is 7.11 Å². The van der Waals surface area contributed by atoms with E-state index in [0.29, 0.717) is 11.3 Å². The molecule has 0 radical (unpaired) electrons. The molecule has 0 aliphatic carbocycles. The zero-order chi connectivity index (χ0) is 13.0. The summed E-state index contributed by atoms with van der Waals surface area (Å²) in [5, 5.41) is 9.46. The van der Waals surface area contributed by atoms with E-state index < -0.39 is 5.92 Å². The van der Waals surface area contributed by atoms with Gasteiger partial charge in [0.25, 0.3) is 0 Å². The summed E-state index contributed by atoms with van der Waals surface area (Å²) in [6.45, 7) is 2.90. The van der Waals surface area contributed by atoms with E-state index in [1.165, 1.54) is 27.0 Å². The molecule has 1 atom stereocenters. The van der Waals surface area contributed by atoms with Crippen LogP contribution >= 0.6 is 0 Å². The van der Waals surface area contributed by atoms with Crippen LogP contribution in [0.25, 0.3) is 0 Å². The van der Waals surface area contributed by atoms with Crippen molar-refractivity contribution in [2.45, 2.75) is 26.2 Å². The van der Waals surface area contributed by atoms with Crippen LogP contribution in [-0.2, 0) is 9.59 Å². The molecule has 1 N–H and O–H groups in total. The molecule has 0 aliphatic rings. The minimum Gasteiger partial charge on any atom is -0.504 e. The SMILES string of the molecule is COc1cc(C(CC(C)=O)C(C)=O)ccc1O. The first-order valence-electron chi connectivity index (χ1n) is 5.32. The topological polar surface area (TPSA) is 63.6 Å². The van der Waals surface area contributed by atoms with Crippen molar-refractivity contribution in [3.05, 3.63) is 23.8 Å². The Morgan fingerprint density at radius 1 is 1.35 bits per heavy atom. The standard InChI is InChI=1S/C13H16O4/c1-8(14)6-11(9(2)15)10-4-5-12(16)13(7-10)17-3/h4-5,7,11,16H,6H2,1-3H3. The van der Waals surface area contributed by atoms with Crippen LogP contribution in [0, 0.1) is 0 Å². The molecule has 1 aromatic carbocycles. The van der Waals surface area contributed by atoms with Gasteiger partial charge >= 0.3 is 0 Å². The molecule has 17 heavy (non-hydrogen) atoms. The van der Waals surface area contributed by atoms with Crippen molar-refractivity contribution in [3.8, 4) is 11.5 Å². The van der Waals surface area contributed by atoms with E-state index in [4.69, 9.17) is 4.74 Å². The van der Waals surface area contributed by atoms with Gasteiger partial charge in [-0.2, -0.15) is 0 Å². The highest BCUT2D eigenvalue weighted by Crippen LogP contribution is 2.31. The number of methoxy groups -OCH3 is 1. The third kappa shape index (κ3) is 3.31. The summed E-state index contributed by atoms with van der Waals surface area (Å²) < 4.78 is 4.97. The number of ether oxygens (including phenoxy) is 1. The van der Waals surface area contributed by atoms with E-state index in [2.05, 4.69) is 0 Å². The number of aromatic hydroxyl groups is 1. The van der Waals surface area contributed by atoms with Gasteiger partial charge in [0.15, 0.2) is 11.5 Å². The predicted octanol–water partition coefficient (Wildman–Crippen LogP) is 2.05. The number of hydrogen-bond donors (Lipinski definition) is 1. The molecule has 0 saturated carbocycles. The zero-order valence-corrected chi connectivity index (χ0v) is 10.2. The first kappa shape index (κ1) is 13.2. The van der Waals surface area contributed by atoms with Crippen LogP contribution in [0.1, 0.15) is 31.7 Å². The number of rotatable bonds is 5. The molecule has 0 saturated heterocycles. The maximum absolute atomic E-state index is 11.5. The third-order valence-corrected chi connectivity index (χ3v) is 2.59. The Balaban J connectivity index is 3.10. The molecule has 0 spiro atoms. The molecular weight excluding hydrogens is 220 g/mol. The van der Waals surface area contributed by atoms with Crippen molar-refractivity contribution in [2.24, 2.45) is 0 Å². The van der Waals surface area contributed by atoms with Gasteiger partial charge in [0.2, 0.25) is 0 Å². The lowest BCUT2D eigenvalue weighted by molar-refractivity contribution is -0.123. The van der Waals surface area contributed by atoms with Crippen molar-refractivity contribution in [1.82, 2.24) is 0 Å². The van der Waals surface area contributed by atoms with Crippen molar-refractivity contribution >= 4 is 11.6 Å². The molecule has 1 aromatic rings. The van der Waals surface area contributed by atoms with E-state index in [9.17, 15) is 14.7 Å². The monoisotopic (exact) mass is 236 g/mol. The molecule has 0 aliphatic heterocycles. The Morgan fingerprint density at radius 2 is 2.00 bits per heavy atom. The molecule has 4 nitrogen and oxygen atoms in total. The van der Waals surface area contributed by atoms with Crippen LogP contribution in [0.2, 0.25) is 0 Å². The second kappa shape index (κ2) is 5.48. The summed E-state index contributed by atoms with van der Waals surface area (Å²) in [5.74, 6) is -0.272. The highest BCUT2D eigenvalue weighted by molar-refractivity contribution is 5.89. The van der Waals surface area contributed by atoms with Crippen LogP contribution in [0.3, 0.4) is 0 Å². The lowest BCUT2D eigenvalue weighted by Gasteiger charge is -2.14. The Hall–Kier alpha value is -1.84. The second-order valence-electron chi connectivity index (χ2n) is 4.00.